The fourth-order valence-corrected chi connectivity index (χ4v) is 5.24. The minimum Gasteiger partial charge on any atom is -0.383 e. The third-order valence-corrected chi connectivity index (χ3v) is 7.31. The van der Waals surface area contributed by atoms with Gasteiger partial charge in [-0.05, 0) is 55.0 Å². The monoisotopic (exact) mass is 477 g/mol. The molecule has 1 amide bonds. The molecule has 0 atom stereocenters. The zero-order valence-electron chi connectivity index (χ0n) is 19.6. The number of hydrogen-bond donors (Lipinski definition) is 1. The smallest absolute Gasteiger partial charge is 0.255 e. The molecule has 1 aromatic heterocycles. The number of nitrogens with zero attached hydrogens (tertiary/aromatic N) is 2. The molecule has 0 unspecified atom stereocenters. The number of halogens is 1. The molecule has 1 saturated carbocycles. The molecule has 1 fully saturated rings. The van der Waals surface area contributed by atoms with Gasteiger partial charge < -0.3 is 15.4 Å². The molecule has 3 aromatic rings. The summed E-state index contributed by atoms with van der Waals surface area (Å²) in [5.41, 5.74) is 9.95. The number of hydrogen-bond acceptors (Lipinski definition) is 4. The van der Waals surface area contributed by atoms with Crippen LogP contribution in [0.3, 0.4) is 0 Å². The number of amides is 1. The van der Waals surface area contributed by atoms with Crippen molar-refractivity contribution >= 4 is 17.5 Å². The zero-order chi connectivity index (χ0) is 24.0. The Morgan fingerprint density at radius 1 is 1.09 bits per heavy atom. The summed E-state index contributed by atoms with van der Waals surface area (Å²) in [6, 6.07) is 20.1. The van der Waals surface area contributed by atoms with Crippen LogP contribution in [0.1, 0.15) is 41.6 Å². The van der Waals surface area contributed by atoms with E-state index in [0.29, 0.717) is 25.3 Å². The summed E-state index contributed by atoms with van der Waals surface area (Å²) in [4.78, 5) is 20.0. The predicted molar refractivity (Wildman–Crippen MR) is 137 cm³/mol. The van der Waals surface area contributed by atoms with Crippen molar-refractivity contribution in [3.8, 4) is 11.1 Å². The maximum absolute atomic E-state index is 13.7. The van der Waals surface area contributed by atoms with Gasteiger partial charge in [-0.1, -0.05) is 54.1 Å². The Bertz CT molecular complexity index is 1100. The third kappa shape index (κ3) is 5.33. The van der Waals surface area contributed by atoms with E-state index in [4.69, 9.17) is 22.1 Å². The molecule has 1 heterocycles. The molecule has 0 bridgehead atoms. The molecular weight excluding hydrogens is 446 g/mol. The molecule has 5 nitrogen and oxygen atoms in total. The van der Waals surface area contributed by atoms with Gasteiger partial charge in [0.05, 0.1) is 12.2 Å². The maximum atomic E-state index is 13.7. The first-order chi connectivity index (χ1) is 16.6. The fraction of sp³-hybridized carbons (Fsp3) is 0.357. The number of rotatable bonds is 8. The highest BCUT2D eigenvalue weighted by Gasteiger charge is 2.38. The molecule has 0 aliphatic heterocycles. The van der Waals surface area contributed by atoms with Crippen LogP contribution in [-0.2, 0) is 10.2 Å². The summed E-state index contributed by atoms with van der Waals surface area (Å²) < 4.78 is 5.34. The van der Waals surface area contributed by atoms with Crippen molar-refractivity contribution in [2.45, 2.75) is 37.1 Å². The molecule has 0 radical (unpaired) electrons. The topological polar surface area (TPSA) is 68.5 Å². The van der Waals surface area contributed by atoms with E-state index in [1.807, 2.05) is 59.5 Å². The Kier molecular flexibility index (Phi) is 7.99. The number of carbonyl (C=O) groups excluding carboxylic acids is 1. The Hall–Kier alpha value is -2.73. The Balaban J connectivity index is 1.54. The summed E-state index contributed by atoms with van der Waals surface area (Å²) in [6.07, 6.45) is 7.04. The van der Waals surface area contributed by atoms with Crippen molar-refractivity contribution in [2.75, 3.05) is 26.8 Å². The van der Waals surface area contributed by atoms with Crippen LogP contribution in [0.25, 0.3) is 11.1 Å². The minimum atomic E-state index is -0.105. The molecule has 0 spiro atoms. The van der Waals surface area contributed by atoms with Crippen molar-refractivity contribution in [1.29, 1.82) is 0 Å². The molecule has 2 N–H and O–H groups in total. The third-order valence-electron chi connectivity index (χ3n) is 7.07. The van der Waals surface area contributed by atoms with Gasteiger partial charge in [0.15, 0.2) is 0 Å². The normalized spacial score (nSPS) is 20.1. The van der Waals surface area contributed by atoms with Crippen molar-refractivity contribution in [3.63, 3.8) is 0 Å². The van der Waals surface area contributed by atoms with E-state index in [-0.39, 0.29) is 17.4 Å². The molecule has 0 saturated heterocycles. The number of aromatic nitrogens is 1. The highest BCUT2D eigenvalue weighted by atomic mass is 35.5. The second kappa shape index (κ2) is 11.1. The summed E-state index contributed by atoms with van der Waals surface area (Å²) >= 11 is 6.27. The van der Waals surface area contributed by atoms with Gasteiger partial charge in [0.2, 0.25) is 0 Å². The summed E-state index contributed by atoms with van der Waals surface area (Å²) in [7, 11) is 1.67. The van der Waals surface area contributed by atoms with Gasteiger partial charge >= 0.3 is 0 Å². The average molecular weight is 478 g/mol. The standard InChI is InChI=1S/C28H32ClN3O2/c1-34-15-14-32(27(33)23-16-22(18-31-19-23)21-6-3-2-4-7-21)26-10-12-28(20-30,13-11-26)24-8-5-9-25(29)17-24/h2-9,16-19,26H,10-15,20,30H2,1H3/t26-,28-. The van der Waals surface area contributed by atoms with E-state index in [9.17, 15) is 4.79 Å². The van der Waals surface area contributed by atoms with Crippen LogP contribution < -0.4 is 5.73 Å². The van der Waals surface area contributed by atoms with Crippen LogP contribution in [0.2, 0.25) is 5.02 Å². The van der Waals surface area contributed by atoms with Crippen LogP contribution in [0.5, 0.6) is 0 Å². The number of benzene rings is 2. The van der Waals surface area contributed by atoms with Gasteiger partial charge in [0.25, 0.3) is 5.91 Å². The Morgan fingerprint density at radius 3 is 2.53 bits per heavy atom. The van der Waals surface area contributed by atoms with Gasteiger partial charge in [-0.3, -0.25) is 9.78 Å². The highest BCUT2D eigenvalue weighted by molar-refractivity contribution is 6.30. The van der Waals surface area contributed by atoms with E-state index in [0.717, 1.165) is 41.8 Å². The molecular formula is C28H32ClN3O2. The van der Waals surface area contributed by atoms with Gasteiger partial charge in [0.1, 0.15) is 0 Å². The van der Waals surface area contributed by atoms with Crippen molar-refractivity contribution in [2.24, 2.45) is 5.73 Å². The summed E-state index contributed by atoms with van der Waals surface area (Å²) in [5, 5.41) is 0.732. The van der Waals surface area contributed by atoms with Crippen molar-refractivity contribution in [1.82, 2.24) is 9.88 Å². The number of carbonyl (C=O) groups is 1. The summed E-state index contributed by atoms with van der Waals surface area (Å²) in [6.45, 7) is 1.60. The highest BCUT2D eigenvalue weighted by Crippen LogP contribution is 2.41. The Morgan fingerprint density at radius 2 is 1.85 bits per heavy atom. The number of pyridine rings is 1. The second-order valence-electron chi connectivity index (χ2n) is 9.05. The lowest BCUT2D eigenvalue weighted by atomic mass is 9.68. The van der Waals surface area contributed by atoms with Crippen LogP contribution in [0, 0.1) is 0 Å². The molecule has 4 rings (SSSR count). The SMILES string of the molecule is COCCN(C(=O)c1cncc(-c2ccccc2)c1)[C@H]1CC[C@](CN)(c2cccc(Cl)c2)CC1. The van der Waals surface area contributed by atoms with Gasteiger partial charge in [-0.15, -0.1) is 0 Å². The van der Waals surface area contributed by atoms with Gasteiger partial charge in [0, 0.05) is 54.6 Å². The van der Waals surface area contributed by atoms with E-state index in [1.165, 1.54) is 5.56 Å². The number of methoxy groups -OCH3 is 1. The number of ether oxygens (including phenoxy) is 1. The number of nitrogens with two attached hydrogens (primary N) is 1. The first kappa shape index (κ1) is 24.4. The molecule has 2 aromatic carbocycles. The zero-order valence-corrected chi connectivity index (χ0v) is 20.4. The molecule has 178 valence electrons. The lowest BCUT2D eigenvalue weighted by molar-refractivity contribution is 0.0507. The fourth-order valence-electron chi connectivity index (χ4n) is 5.05. The molecule has 6 heteroatoms. The minimum absolute atomic E-state index is 0.00432. The second-order valence-corrected chi connectivity index (χ2v) is 9.48. The first-order valence-corrected chi connectivity index (χ1v) is 12.2. The van der Waals surface area contributed by atoms with Crippen LogP contribution >= 0.6 is 11.6 Å². The van der Waals surface area contributed by atoms with E-state index >= 15 is 0 Å². The predicted octanol–water partition coefficient (Wildman–Crippen LogP) is 5.33. The van der Waals surface area contributed by atoms with Crippen LogP contribution in [0.4, 0.5) is 0 Å². The molecule has 1 aliphatic carbocycles. The average Bonchev–Trinajstić information content (AvgIpc) is 2.90. The Labute approximate surface area is 206 Å². The van der Waals surface area contributed by atoms with E-state index in [1.54, 1.807) is 19.5 Å². The summed E-state index contributed by atoms with van der Waals surface area (Å²) in [5.74, 6) is -0.00432. The quantitative estimate of drug-likeness (QED) is 0.476. The van der Waals surface area contributed by atoms with E-state index in [2.05, 4.69) is 11.1 Å². The lowest BCUT2D eigenvalue weighted by Gasteiger charge is -2.43. The van der Waals surface area contributed by atoms with Crippen LogP contribution in [-0.4, -0.2) is 48.6 Å². The van der Waals surface area contributed by atoms with Crippen LogP contribution in [0.15, 0.2) is 73.1 Å². The first-order valence-electron chi connectivity index (χ1n) is 11.8. The molecule has 34 heavy (non-hydrogen) atoms. The maximum Gasteiger partial charge on any atom is 0.255 e. The van der Waals surface area contributed by atoms with E-state index < -0.39 is 0 Å². The van der Waals surface area contributed by atoms with Crippen molar-refractivity contribution < 1.29 is 9.53 Å². The van der Waals surface area contributed by atoms with Gasteiger partial charge in [-0.25, -0.2) is 0 Å². The lowest BCUT2D eigenvalue weighted by Crippen LogP contribution is -2.48. The largest absolute Gasteiger partial charge is 0.383 e. The van der Waals surface area contributed by atoms with Crippen molar-refractivity contribution in [3.05, 3.63) is 89.2 Å². The molecule has 1 aliphatic rings. The van der Waals surface area contributed by atoms with Gasteiger partial charge in [-0.2, -0.15) is 0 Å².